The lowest BCUT2D eigenvalue weighted by Crippen LogP contribution is -2.19. The molecular weight excluding hydrogens is 335 g/mol. The molecule has 5 heteroatoms. The van der Waals surface area contributed by atoms with Gasteiger partial charge in [-0.2, -0.15) is 0 Å². The molecule has 0 bridgehead atoms. The Hall–Kier alpha value is -2.92. The largest absolute Gasteiger partial charge is 0.457 e. The molecule has 0 heterocycles. The van der Waals surface area contributed by atoms with E-state index in [1.807, 2.05) is 55.5 Å². The molecule has 2 N–H and O–H groups in total. The van der Waals surface area contributed by atoms with Gasteiger partial charge in [0.2, 0.25) is 0 Å². The molecule has 0 atom stereocenters. The maximum absolute atomic E-state index is 13.6. The molecule has 3 nitrogen and oxygen atoms in total. The number of aryl methyl sites for hydroxylation is 1. The molecule has 3 aromatic carbocycles. The van der Waals surface area contributed by atoms with E-state index in [1.54, 1.807) is 18.2 Å². The summed E-state index contributed by atoms with van der Waals surface area (Å²) in [7, 11) is 0. The van der Waals surface area contributed by atoms with Crippen molar-refractivity contribution in [3.8, 4) is 11.5 Å². The molecular formula is C20H17FN2OS. The third-order valence-corrected chi connectivity index (χ3v) is 3.70. The van der Waals surface area contributed by atoms with Gasteiger partial charge in [-0.1, -0.05) is 29.8 Å². The quantitative estimate of drug-likeness (QED) is 0.587. The number of halogens is 1. The first-order valence-electron chi connectivity index (χ1n) is 7.77. The van der Waals surface area contributed by atoms with Crippen LogP contribution in [0.25, 0.3) is 0 Å². The van der Waals surface area contributed by atoms with Gasteiger partial charge in [0.1, 0.15) is 17.3 Å². The van der Waals surface area contributed by atoms with Crippen molar-refractivity contribution >= 4 is 28.7 Å². The highest BCUT2D eigenvalue weighted by Crippen LogP contribution is 2.23. The number of nitrogens with one attached hydrogen (secondary N) is 2. The number of thiocarbonyl (C=S) groups is 1. The molecule has 0 aliphatic carbocycles. The van der Waals surface area contributed by atoms with Crippen LogP contribution in [0.15, 0.2) is 72.8 Å². The van der Waals surface area contributed by atoms with E-state index in [0.29, 0.717) is 10.8 Å². The first kappa shape index (κ1) is 16.9. The monoisotopic (exact) mass is 352 g/mol. The van der Waals surface area contributed by atoms with E-state index in [1.165, 1.54) is 11.6 Å². The summed E-state index contributed by atoms with van der Waals surface area (Å²) >= 11 is 5.21. The highest BCUT2D eigenvalue weighted by molar-refractivity contribution is 7.80. The van der Waals surface area contributed by atoms with E-state index in [2.05, 4.69) is 10.6 Å². The molecule has 3 rings (SSSR count). The maximum atomic E-state index is 13.6. The Bertz CT molecular complexity index is 864. The molecule has 0 radical (unpaired) electrons. The fourth-order valence-corrected chi connectivity index (χ4v) is 2.42. The Kier molecular flexibility index (Phi) is 5.26. The zero-order valence-electron chi connectivity index (χ0n) is 13.6. The second kappa shape index (κ2) is 7.77. The predicted octanol–water partition coefficient (Wildman–Crippen LogP) is 5.74. The number of hydrogen-bond acceptors (Lipinski definition) is 2. The van der Waals surface area contributed by atoms with Gasteiger partial charge in [-0.25, -0.2) is 4.39 Å². The van der Waals surface area contributed by atoms with Gasteiger partial charge >= 0.3 is 0 Å². The Morgan fingerprint density at radius 3 is 2.08 bits per heavy atom. The summed E-state index contributed by atoms with van der Waals surface area (Å²) in [5.41, 5.74) is 2.30. The van der Waals surface area contributed by atoms with Crippen LogP contribution in [-0.2, 0) is 0 Å². The number of para-hydroxylation sites is 1. The summed E-state index contributed by atoms with van der Waals surface area (Å²) in [6.45, 7) is 2.03. The van der Waals surface area contributed by atoms with Gasteiger partial charge in [0.05, 0.1) is 5.69 Å². The summed E-state index contributed by atoms with van der Waals surface area (Å²) in [5, 5.41) is 6.16. The smallest absolute Gasteiger partial charge is 0.175 e. The van der Waals surface area contributed by atoms with Crippen molar-refractivity contribution < 1.29 is 9.13 Å². The van der Waals surface area contributed by atoms with Crippen LogP contribution < -0.4 is 15.4 Å². The van der Waals surface area contributed by atoms with E-state index in [4.69, 9.17) is 17.0 Å². The molecule has 126 valence electrons. The number of anilines is 2. The van der Waals surface area contributed by atoms with Crippen LogP contribution in [0.4, 0.5) is 15.8 Å². The molecule has 0 unspecified atom stereocenters. The van der Waals surface area contributed by atoms with Crippen LogP contribution in [0.1, 0.15) is 5.56 Å². The van der Waals surface area contributed by atoms with Crippen LogP contribution in [0.2, 0.25) is 0 Å². The lowest BCUT2D eigenvalue weighted by molar-refractivity contribution is 0.482. The van der Waals surface area contributed by atoms with Crippen LogP contribution in [0.5, 0.6) is 11.5 Å². The fourth-order valence-electron chi connectivity index (χ4n) is 2.20. The summed E-state index contributed by atoms with van der Waals surface area (Å²) in [5.74, 6) is 1.15. The minimum Gasteiger partial charge on any atom is -0.457 e. The minimum atomic E-state index is -0.353. The number of benzene rings is 3. The van der Waals surface area contributed by atoms with Crippen LogP contribution in [0, 0.1) is 12.7 Å². The molecule has 0 saturated heterocycles. The zero-order chi connectivity index (χ0) is 17.6. The normalized spacial score (nSPS) is 10.2. The molecule has 0 aliphatic heterocycles. The minimum absolute atomic E-state index is 0.317. The SMILES string of the molecule is Cc1ccc(Oc2ccc(NC(=S)Nc3ccccc3F)cc2)cc1. The molecule has 0 spiro atoms. The second-order valence-corrected chi connectivity index (χ2v) is 5.91. The number of hydrogen-bond donors (Lipinski definition) is 2. The van der Waals surface area contributed by atoms with Crippen molar-refractivity contribution in [2.45, 2.75) is 6.92 Å². The first-order valence-corrected chi connectivity index (χ1v) is 8.18. The summed E-state index contributed by atoms with van der Waals surface area (Å²) in [6, 6.07) is 21.6. The van der Waals surface area contributed by atoms with E-state index >= 15 is 0 Å². The molecule has 0 amide bonds. The standard InChI is InChI=1S/C20H17FN2OS/c1-14-6-10-16(11-7-14)24-17-12-8-15(9-13-17)22-20(25)23-19-5-3-2-4-18(19)21/h2-13H,1H3,(H2,22,23,25). The number of rotatable bonds is 4. The van der Waals surface area contributed by atoms with Crippen molar-refractivity contribution in [3.63, 3.8) is 0 Å². The van der Waals surface area contributed by atoms with E-state index in [9.17, 15) is 4.39 Å². The highest BCUT2D eigenvalue weighted by atomic mass is 32.1. The average Bonchev–Trinajstić information content (AvgIpc) is 2.61. The average molecular weight is 352 g/mol. The van der Waals surface area contributed by atoms with Gasteiger partial charge in [-0.3, -0.25) is 0 Å². The van der Waals surface area contributed by atoms with Crippen molar-refractivity contribution in [3.05, 3.63) is 84.2 Å². The van der Waals surface area contributed by atoms with Crippen molar-refractivity contribution in [1.82, 2.24) is 0 Å². The third-order valence-electron chi connectivity index (χ3n) is 3.49. The lowest BCUT2D eigenvalue weighted by Gasteiger charge is -2.12. The highest BCUT2D eigenvalue weighted by Gasteiger charge is 2.04. The Morgan fingerprint density at radius 1 is 0.840 bits per heavy atom. The number of ether oxygens (including phenoxy) is 1. The Labute approximate surface area is 151 Å². The van der Waals surface area contributed by atoms with Crippen molar-refractivity contribution in [1.29, 1.82) is 0 Å². The van der Waals surface area contributed by atoms with Crippen LogP contribution >= 0.6 is 12.2 Å². The molecule has 3 aromatic rings. The summed E-state index contributed by atoms with van der Waals surface area (Å²) in [6.07, 6.45) is 0. The van der Waals surface area contributed by atoms with E-state index in [-0.39, 0.29) is 5.82 Å². The van der Waals surface area contributed by atoms with Crippen LogP contribution in [0.3, 0.4) is 0 Å². The Balaban J connectivity index is 1.59. The van der Waals surface area contributed by atoms with Crippen molar-refractivity contribution in [2.24, 2.45) is 0 Å². The van der Waals surface area contributed by atoms with Gasteiger partial charge in [-0.05, 0) is 67.7 Å². The fraction of sp³-hybridized carbons (Fsp3) is 0.0500. The van der Waals surface area contributed by atoms with Crippen LogP contribution in [-0.4, -0.2) is 5.11 Å². The topological polar surface area (TPSA) is 33.3 Å². The summed E-state index contributed by atoms with van der Waals surface area (Å²) in [4.78, 5) is 0. The molecule has 25 heavy (non-hydrogen) atoms. The molecule has 0 saturated carbocycles. The lowest BCUT2D eigenvalue weighted by atomic mass is 10.2. The summed E-state index contributed by atoms with van der Waals surface area (Å²) < 4.78 is 19.4. The zero-order valence-corrected chi connectivity index (χ0v) is 14.4. The van der Waals surface area contributed by atoms with Gasteiger partial charge in [0, 0.05) is 5.69 Å². The molecule has 0 aliphatic rings. The molecule has 0 fully saturated rings. The first-order chi connectivity index (χ1) is 12.1. The third kappa shape index (κ3) is 4.78. The van der Waals surface area contributed by atoms with Gasteiger partial charge in [0.25, 0.3) is 0 Å². The van der Waals surface area contributed by atoms with E-state index in [0.717, 1.165) is 17.2 Å². The second-order valence-electron chi connectivity index (χ2n) is 5.50. The predicted molar refractivity (Wildman–Crippen MR) is 104 cm³/mol. The Morgan fingerprint density at radius 2 is 1.44 bits per heavy atom. The van der Waals surface area contributed by atoms with Gasteiger partial charge in [-0.15, -0.1) is 0 Å². The maximum Gasteiger partial charge on any atom is 0.175 e. The van der Waals surface area contributed by atoms with E-state index < -0.39 is 0 Å². The van der Waals surface area contributed by atoms with Crippen molar-refractivity contribution in [2.75, 3.05) is 10.6 Å². The van der Waals surface area contributed by atoms with Gasteiger partial charge in [0.15, 0.2) is 5.11 Å². The van der Waals surface area contributed by atoms with Gasteiger partial charge < -0.3 is 15.4 Å². The molecule has 0 aromatic heterocycles.